The first kappa shape index (κ1) is 25.2. The Morgan fingerprint density at radius 3 is 2.57 bits per heavy atom. The van der Waals surface area contributed by atoms with Crippen molar-refractivity contribution in [2.45, 2.75) is 39.0 Å². The predicted molar refractivity (Wildman–Crippen MR) is 112 cm³/mol. The molecule has 3 unspecified atom stereocenters. The number of carbonyl (C=O) groups excluding carboxylic acids is 2. The lowest BCUT2D eigenvalue weighted by atomic mass is 10.1. The second-order valence-corrected chi connectivity index (χ2v) is 6.54. The molecule has 9 nitrogen and oxygen atoms in total. The minimum atomic E-state index is -1.08. The van der Waals surface area contributed by atoms with Crippen molar-refractivity contribution in [3.63, 3.8) is 0 Å². The summed E-state index contributed by atoms with van der Waals surface area (Å²) in [5.74, 6) is -0.829. The van der Waals surface area contributed by atoms with Gasteiger partial charge in [-0.3, -0.25) is 4.79 Å². The van der Waals surface area contributed by atoms with Crippen LogP contribution in [0.4, 0.5) is 4.79 Å². The molecule has 0 radical (unpaired) electrons. The summed E-state index contributed by atoms with van der Waals surface area (Å²) in [4.78, 5) is 36.4. The maximum atomic E-state index is 11.9. The van der Waals surface area contributed by atoms with Crippen LogP contribution in [0.25, 0.3) is 0 Å². The number of aromatic carboxylic acids is 1. The first-order valence-corrected chi connectivity index (χ1v) is 9.67. The fourth-order valence-corrected chi connectivity index (χ4v) is 2.95. The van der Waals surface area contributed by atoms with Crippen LogP contribution in [-0.2, 0) is 9.47 Å². The summed E-state index contributed by atoms with van der Waals surface area (Å²) >= 11 is 0. The van der Waals surface area contributed by atoms with Crippen LogP contribution in [0.15, 0.2) is 41.5 Å². The molecule has 1 saturated heterocycles. The topological polar surface area (TPSA) is 128 Å². The molecule has 3 atom stereocenters. The van der Waals surface area contributed by atoms with E-state index in [2.05, 4.69) is 4.99 Å². The zero-order chi connectivity index (χ0) is 22.7. The van der Waals surface area contributed by atoms with E-state index in [4.69, 9.17) is 20.3 Å². The van der Waals surface area contributed by atoms with Crippen molar-refractivity contribution >= 4 is 24.1 Å². The maximum absolute atomic E-state index is 11.9. The van der Waals surface area contributed by atoms with E-state index in [1.807, 2.05) is 13.8 Å². The van der Waals surface area contributed by atoms with E-state index in [1.165, 1.54) is 12.1 Å². The van der Waals surface area contributed by atoms with Gasteiger partial charge < -0.3 is 20.3 Å². The molecule has 1 aromatic rings. The predicted octanol–water partition coefficient (Wildman–Crippen LogP) is 2.81. The summed E-state index contributed by atoms with van der Waals surface area (Å²) in [6.07, 6.45) is 5.49. The van der Waals surface area contributed by atoms with Crippen LogP contribution >= 0.6 is 0 Å². The molecule has 2 aliphatic rings. The van der Waals surface area contributed by atoms with Gasteiger partial charge in [-0.05, 0) is 12.5 Å². The standard InChI is InChI=1S/C11H17N3O3.C8H6O3.C2H6/c1-14(6-5-9(12)13-11(14)15)10-4-3-8(17-10)7-16-2;9-5-6-3-1-2-4-7(6)8(10)11;1-2/h5-6,8,10H,3-4,7H2,1-2H3,(H-,12,13,15);1-5H,(H,10,11);1-2H3/p+1. The number of carbonyl (C=O) groups is 3. The van der Waals surface area contributed by atoms with Crippen LogP contribution in [0.2, 0.25) is 0 Å². The summed E-state index contributed by atoms with van der Waals surface area (Å²) in [7, 11) is 3.43. The van der Waals surface area contributed by atoms with Crippen molar-refractivity contribution in [1.82, 2.24) is 0 Å². The largest absolute Gasteiger partial charge is 0.478 e. The Morgan fingerprint density at radius 1 is 1.37 bits per heavy atom. The number of amides is 2. The van der Waals surface area contributed by atoms with Gasteiger partial charge in [-0.1, -0.05) is 32.0 Å². The summed E-state index contributed by atoms with van der Waals surface area (Å²) in [6, 6.07) is 5.78. The zero-order valence-corrected chi connectivity index (χ0v) is 17.8. The van der Waals surface area contributed by atoms with Crippen LogP contribution in [0, 0.1) is 0 Å². The molecule has 3 N–H and O–H groups in total. The van der Waals surface area contributed by atoms with E-state index >= 15 is 0 Å². The van der Waals surface area contributed by atoms with E-state index in [-0.39, 0.29) is 39.8 Å². The van der Waals surface area contributed by atoms with Gasteiger partial charge in [0.2, 0.25) is 6.23 Å². The third-order valence-electron chi connectivity index (χ3n) is 4.55. The SMILES string of the molecule is CC.COCC1CCC([N+]2(C)C=CC(N)=NC2=O)O1.O=Cc1ccccc1C(=O)O. The summed E-state index contributed by atoms with van der Waals surface area (Å²) in [5.41, 5.74) is 5.74. The van der Waals surface area contributed by atoms with Crippen LogP contribution in [0.5, 0.6) is 0 Å². The Hall–Kier alpha value is -2.88. The molecule has 9 heteroatoms. The highest BCUT2D eigenvalue weighted by Gasteiger charge is 2.45. The molecule has 3 rings (SSSR count). The van der Waals surface area contributed by atoms with Gasteiger partial charge in [0.05, 0.1) is 25.3 Å². The van der Waals surface area contributed by atoms with Crippen molar-refractivity contribution in [3.05, 3.63) is 47.7 Å². The number of hydrogen-bond acceptors (Lipinski definition) is 6. The molecule has 0 bridgehead atoms. The molecule has 1 fully saturated rings. The molecule has 1 aromatic carbocycles. The number of aliphatic imine (C=N–C) groups is 1. The average Bonchev–Trinajstić information content (AvgIpc) is 3.22. The fourth-order valence-electron chi connectivity index (χ4n) is 2.95. The first-order chi connectivity index (χ1) is 14.3. The summed E-state index contributed by atoms with van der Waals surface area (Å²) in [5, 5.41) is 8.54. The van der Waals surface area contributed by atoms with Gasteiger partial charge >= 0.3 is 12.0 Å². The first-order valence-electron chi connectivity index (χ1n) is 9.67. The molecule has 0 aromatic heterocycles. The number of quaternary nitrogens is 1. The number of methoxy groups -OCH3 is 1. The number of rotatable bonds is 5. The summed E-state index contributed by atoms with van der Waals surface area (Å²) in [6.45, 7) is 4.56. The van der Waals surface area contributed by atoms with Crippen molar-refractivity contribution in [3.8, 4) is 0 Å². The second kappa shape index (κ2) is 12.0. The highest BCUT2D eigenvalue weighted by Crippen LogP contribution is 2.29. The number of urea groups is 1. The van der Waals surface area contributed by atoms with Gasteiger partial charge in [0, 0.05) is 25.2 Å². The highest BCUT2D eigenvalue weighted by molar-refractivity contribution is 5.99. The third-order valence-corrected chi connectivity index (χ3v) is 4.55. The van der Waals surface area contributed by atoms with Crippen LogP contribution < -0.4 is 5.73 Å². The second-order valence-electron chi connectivity index (χ2n) is 6.54. The number of carboxylic acid groups (broad SMARTS) is 1. The lowest BCUT2D eigenvalue weighted by molar-refractivity contribution is -0.830. The number of carboxylic acids is 1. The molecular weight excluding hydrogens is 390 g/mol. The van der Waals surface area contributed by atoms with Crippen LogP contribution in [0.1, 0.15) is 47.4 Å². The fraction of sp³-hybridized carbons (Fsp3) is 0.429. The molecule has 2 aliphatic heterocycles. The summed E-state index contributed by atoms with van der Waals surface area (Å²) < 4.78 is 10.9. The van der Waals surface area contributed by atoms with Crippen molar-refractivity contribution in [2.24, 2.45) is 10.7 Å². The molecule has 30 heavy (non-hydrogen) atoms. The smallest absolute Gasteiger partial charge is 0.451 e. The van der Waals surface area contributed by atoms with Gasteiger partial charge in [0.15, 0.2) is 6.29 Å². The van der Waals surface area contributed by atoms with E-state index in [9.17, 15) is 14.4 Å². The molecular formula is C21H30N3O6+. The number of nitrogens with zero attached hydrogens (tertiary/aromatic N) is 2. The van der Waals surface area contributed by atoms with Crippen molar-refractivity contribution in [2.75, 3.05) is 20.8 Å². The Labute approximate surface area is 176 Å². The van der Waals surface area contributed by atoms with E-state index in [0.717, 1.165) is 12.8 Å². The van der Waals surface area contributed by atoms with E-state index in [0.29, 0.717) is 12.9 Å². The molecule has 0 aliphatic carbocycles. The number of aldehydes is 1. The van der Waals surface area contributed by atoms with E-state index < -0.39 is 5.97 Å². The van der Waals surface area contributed by atoms with Gasteiger partial charge in [0.1, 0.15) is 12.0 Å². The normalized spacial score (nSPS) is 24.7. The van der Waals surface area contributed by atoms with Gasteiger partial charge in [-0.25, -0.2) is 9.59 Å². The monoisotopic (exact) mass is 420 g/mol. The molecule has 164 valence electrons. The molecule has 2 heterocycles. The lowest BCUT2D eigenvalue weighted by Crippen LogP contribution is -2.53. The third kappa shape index (κ3) is 6.31. The number of benzene rings is 1. The Balaban J connectivity index is 0.000000300. The van der Waals surface area contributed by atoms with Crippen LogP contribution in [-0.4, -0.2) is 66.8 Å². The Bertz CT molecular complexity index is 808. The molecule has 0 saturated carbocycles. The average molecular weight is 420 g/mol. The zero-order valence-electron chi connectivity index (χ0n) is 17.8. The molecule has 2 amide bonds. The number of nitrogens with two attached hydrogens (primary N) is 1. The maximum Gasteiger partial charge on any atom is 0.451 e. The van der Waals surface area contributed by atoms with Crippen molar-refractivity contribution in [1.29, 1.82) is 0 Å². The minimum absolute atomic E-state index is 0.0287. The van der Waals surface area contributed by atoms with Crippen LogP contribution in [0.3, 0.4) is 0 Å². The lowest BCUT2D eigenvalue weighted by Gasteiger charge is -2.32. The number of hydrogen-bond donors (Lipinski definition) is 2. The Kier molecular flexibility index (Phi) is 10.0. The minimum Gasteiger partial charge on any atom is -0.478 e. The van der Waals surface area contributed by atoms with Gasteiger partial charge in [-0.2, -0.15) is 4.48 Å². The van der Waals surface area contributed by atoms with Crippen molar-refractivity contribution < 1.29 is 33.4 Å². The Morgan fingerprint density at radius 2 is 2.03 bits per heavy atom. The quantitative estimate of drug-likeness (QED) is 0.553. The van der Waals surface area contributed by atoms with E-state index in [1.54, 1.807) is 38.6 Å². The number of ether oxygens (including phenoxy) is 2. The van der Waals surface area contributed by atoms with Gasteiger partial charge in [-0.15, -0.1) is 4.99 Å². The number of amidine groups is 1. The van der Waals surface area contributed by atoms with Gasteiger partial charge in [0.25, 0.3) is 0 Å². The highest BCUT2D eigenvalue weighted by atomic mass is 16.6. The molecule has 0 spiro atoms.